The van der Waals surface area contributed by atoms with Crippen LogP contribution >= 0.6 is 0 Å². The Morgan fingerprint density at radius 1 is 1.17 bits per heavy atom. The van der Waals surface area contributed by atoms with Crippen LogP contribution in [0.4, 0.5) is 0 Å². The van der Waals surface area contributed by atoms with Gasteiger partial charge in [-0.3, -0.25) is 4.79 Å². The number of H-pyrrole nitrogens is 1. The lowest BCUT2D eigenvalue weighted by atomic mass is 10.1. The Labute approximate surface area is 138 Å². The number of fused-ring (bicyclic) bond motifs is 1. The summed E-state index contributed by atoms with van der Waals surface area (Å²) in [6, 6.07) is 12.3. The van der Waals surface area contributed by atoms with E-state index in [4.69, 9.17) is 0 Å². The molecule has 0 aliphatic carbocycles. The summed E-state index contributed by atoms with van der Waals surface area (Å²) in [5, 5.41) is 9.51. The van der Waals surface area contributed by atoms with Gasteiger partial charge >= 0.3 is 0 Å². The van der Waals surface area contributed by atoms with Crippen LogP contribution in [0.5, 0.6) is 0 Å². The third-order valence-corrected chi connectivity index (χ3v) is 5.01. The number of aliphatic hydroxyl groups excluding tert-OH is 1. The molecule has 0 bridgehead atoms. The molecule has 0 amide bonds. The van der Waals surface area contributed by atoms with Gasteiger partial charge in [-0.1, -0.05) is 30.3 Å². The standard InChI is InChI=1S/C16H15N3O4S/c20-10-15(11-4-2-1-3-5-11)19-24(22,23)12-6-7-13-14(8-12)17-9-16(21)18-13/h1-9,15,19-20H,10H2,(H,18,21)/t15-/m1/s1. The molecular formula is C16H15N3O4S. The van der Waals surface area contributed by atoms with E-state index in [1.807, 2.05) is 6.07 Å². The van der Waals surface area contributed by atoms with Crippen molar-refractivity contribution in [3.63, 3.8) is 0 Å². The summed E-state index contributed by atoms with van der Waals surface area (Å²) >= 11 is 0. The Bertz CT molecular complexity index is 1020. The fourth-order valence-electron chi connectivity index (χ4n) is 2.34. The molecule has 3 rings (SSSR count). The lowest BCUT2D eigenvalue weighted by Crippen LogP contribution is -2.30. The minimum atomic E-state index is -3.86. The van der Waals surface area contributed by atoms with Gasteiger partial charge in [0, 0.05) is 0 Å². The van der Waals surface area contributed by atoms with Gasteiger partial charge in [0.2, 0.25) is 10.0 Å². The zero-order valence-electron chi connectivity index (χ0n) is 12.5. The summed E-state index contributed by atoms with van der Waals surface area (Å²) in [6.07, 6.45) is 1.09. The minimum absolute atomic E-state index is 0.00364. The molecule has 0 saturated heterocycles. The average Bonchev–Trinajstić information content (AvgIpc) is 2.60. The lowest BCUT2D eigenvalue weighted by Gasteiger charge is -2.17. The number of benzene rings is 2. The summed E-state index contributed by atoms with van der Waals surface area (Å²) in [5.74, 6) is 0. The maximum absolute atomic E-state index is 12.6. The van der Waals surface area contributed by atoms with Crippen LogP contribution in [0.25, 0.3) is 11.0 Å². The van der Waals surface area contributed by atoms with Gasteiger partial charge in [0.05, 0.1) is 34.8 Å². The quantitative estimate of drug-likeness (QED) is 0.637. The zero-order chi connectivity index (χ0) is 17.2. The van der Waals surface area contributed by atoms with Gasteiger partial charge in [-0.05, 0) is 23.8 Å². The van der Waals surface area contributed by atoms with Crippen LogP contribution in [0.15, 0.2) is 64.4 Å². The van der Waals surface area contributed by atoms with Gasteiger partial charge in [0.25, 0.3) is 5.56 Å². The summed E-state index contributed by atoms with van der Waals surface area (Å²) in [4.78, 5) is 17.7. The average molecular weight is 345 g/mol. The summed E-state index contributed by atoms with van der Waals surface area (Å²) in [7, 11) is -3.86. The molecule has 3 N–H and O–H groups in total. The molecule has 8 heteroatoms. The van der Waals surface area contributed by atoms with Crippen molar-refractivity contribution in [1.29, 1.82) is 0 Å². The molecule has 0 fully saturated rings. The van der Waals surface area contributed by atoms with Crippen molar-refractivity contribution in [3.05, 3.63) is 70.6 Å². The highest BCUT2D eigenvalue weighted by Gasteiger charge is 2.21. The van der Waals surface area contributed by atoms with E-state index >= 15 is 0 Å². The second-order valence-corrected chi connectivity index (χ2v) is 6.91. The van der Waals surface area contributed by atoms with Crippen molar-refractivity contribution < 1.29 is 13.5 Å². The van der Waals surface area contributed by atoms with E-state index in [1.165, 1.54) is 18.2 Å². The van der Waals surface area contributed by atoms with Gasteiger partial charge in [-0.25, -0.2) is 18.1 Å². The normalized spacial score (nSPS) is 13.0. The Hall–Kier alpha value is -2.55. The van der Waals surface area contributed by atoms with Gasteiger partial charge in [0.15, 0.2) is 0 Å². The lowest BCUT2D eigenvalue weighted by molar-refractivity contribution is 0.259. The molecule has 0 spiro atoms. The van der Waals surface area contributed by atoms with E-state index in [2.05, 4.69) is 14.7 Å². The Kier molecular flexibility index (Phi) is 4.43. The highest BCUT2D eigenvalue weighted by molar-refractivity contribution is 7.89. The first-order chi connectivity index (χ1) is 11.5. The molecule has 7 nitrogen and oxygen atoms in total. The molecule has 0 aliphatic rings. The van der Waals surface area contributed by atoms with E-state index in [0.29, 0.717) is 16.6 Å². The Balaban J connectivity index is 1.95. The molecule has 124 valence electrons. The maximum Gasteiger partial charge on any atom is 0.266 e. The van der Waals surface area contributed by atoms with Gasteiger partial charge in [-0.15, -0.1) is 0 Å². The maximum atomic E-state index is 12.6. The van der Waals surface area contributed by atoms with E-state index in [1.54, 1.807) is 24.3 Å². The monoisotopic (exact) mass is 345 g/mol. The van der Waals surface area contributed by atoms with Crippen molar-refractivity contribution in [1.82, 2.24) is 14.7 Å². The fourth-order valence-corrected chi connectivity index (χ4v) is 3.57. The number of rotatable bonds is 5. The van der Waals surface area contributed by atoms with Crippen LogP contribution in [0, 0.1) is 0 Å². The highest BCUT2D eigenvalue weighted by Crippen LogP contribution is 2.19. The third-order valence-electron chi connectivity index (χ3n) is 3.54. The van der Waals surface area contributed by atoms with E-state index in [9.17, 15) is 18.3 Å². The highest BCUT2D eigenvalue weighted by atomic mass is 32.2. The molecule has 24 heavy (non-hydrogen) atoms. The SMILES string of the molecule is O=c1cnc2cc(S(=O)(=O)N[C@H](CO)c3ccccc3)ccc2[nH]1. The van der Waals surface area contributed by atoms with E-state index < -0.39 is 16.1 Å². The number of nitrogens with one attached hydrogen (secondary N) is 2. The molecule has 3 aromatic rings. The van der Waals surface area contributed by atoms with Crippen LogP contribution in [-0.2, 0) is 10.0 Å². The molecule has 0 aliphatic heterocycles. The van der Waals surface area contributed by atoms with Crippen LogP contribution in [0.2, 0.25) is 0 Å². The summed E-state index contributed by atoms with van der Waals surface area (Å²) in [6.45, 7) is -0.373. The largest absolute Gasteiger partial charge is 0.394 e. The molecule has 2 aromatic carbocycles. The van der Waals surface area contributed by atoms with Crippen molar-refractivity contribution in [2.45, 2.75) is 10.9 Å². The van der Waals surface area contributed by atoms with Crippen LogP contribution in [0.1, 0.15) is 11.6 Å². The molecular weight excluding hydrogens is 330 g/mol. The second-order valence-electron chi connectivity index (χ2n) is 5.19. The van der Waals surface area contributed by atoms with Crippen molar-refractivity contribution in [2.75, 3.05) is 6.61 Å². The smallest absolute Gasteiger partial charge is 0.266 e. The number of nitrogens with zero attached hydrogens (tertiary/aromatic N) is 1. The Morgan fingerprint density at radius 2 is 1.92 bits per heavy atom. The number of sulfonamides is 1. The number of aromatic amines is 1. The number of aliphatic hydroxyl groups is 1. The van der Waals surface area contributed by atoms with Gasteiger partial charge in [-0.2, -0.15) is 0 Å². The zero-order valence-corrected chi connectivity index (χ0v) is 13.3. The number of aromatic nitrogens is 2. The Morgan fingerprint density at radius 3 is 2.62 bits per heavy atom. The van der Waals surface area contributed by atoms with Crippen molar-refractivity contribution in [3.8, 4) is 0 Å². The predicted molar refractivity (Wildman–Crippen MR) is 89.0 cm³/mol. The predicted octanol–water partition coefficient (Wildman–Crippen LogP) is 0.935. The van der Waals surface area contributed by atoms with E-state index in [0.717, 1.165) is 6.20 Å². The first-order valence-corrected chi connectivity index (χ1v) is 8.65. The second kappa shape index (κ2) is 6.52. The molecule has 0 radical (unpaired) electrons. The van der Waals surface area contributed by atoms with Crippen molar-refractivity contribution in [2.24, 2.45) is 0 Å². The number of hydrogen-bond acceptors (Lipinski definition) is 5. The van der Waals surface area contributed by atoms with Crippen LogP contribution in [0.3, 0.4) is 0 Å². The third kappa shape index (κ3) is 3.35. The van der Waals surface area contributed by atoms with Gasteiger partial charge in [0.1, 0.15) is 0 Å². The number of hydrogen-bond donors (Lipinski definition) is 3. The molecule has 0 unspecified atom stereocenters. The van der Waals surface area contributed by atoms with Crippen molar-refractivity contribution >= 4 is 21.1 Å². The topological polar surface area (TPSA) is 112 Å². The fraction of sp³-hybridized carbons (Fsp3) is 0.125. The summed E-state index contributed by atoms with van der Waals surface area (Å²) in [5.41, 5.74) is 1.11. The van der Waals surface area contributed by atoms with E-state index in [-0.39, 0.29) is 17.1 Å². The summed E-state index contributed by atoms with van der Waals surface area (Å²) < 4.78 is 27.6. The molecule has 1 heterocycles. The van der Waals surface area contributed by atoms with Crippen LogP contribution in [-0.4, -0.2) is 30.1 Å². The molecule has 0 saturated carbocycles. The first-order valence-electron chi connectivity index (χ1n) is 7.17. The van der Waals surface area contributed by atoms with Gasteiger partial charge < -0.3 is 10.1 Å². The molecule has 1 atom stereocenters. The minimum Gasteiger partial charge on any atom is -0.394 e. The molecule has 1 aromatic heterocycles. The van der Waals surface area contributed by atoms with Crippen LogP contribution < -0.4 is 10.3 Å². The first kappa shape index (κ1) is 16.3.